The van der Waals surface area contributed by atoms with Crippen molar-refractivity contribution in [1.82, 2.24) is 19.5 Å². The number of rotatable bonds is 4. The average Bonchev–Trinajstić information content (AvgIpc) is 3.53. The maximum absolute atomic E-state index is 10.5. The molecule has 2 aliphatic heterocycles. The van der Waals surface area contributed by atoms with Crippen molar-refractivity contribution in [2.24, 2.45) is 0 Å². The second-order valence-corrected chi connectivity index (χ2v) is 8.85. The Balaban J connectivity index is 1.48. The molecule has 4 aromatic rings. The molecule has 4 heterocycles. The summed E-state index contributed by atoms with van der Waals surface area (Å²) in [6, 6.07) is 18.3. The van der Waals surface area contributed by atoms with Crippen LogP contribution in [-0.4, -0.2) is 59.8 Å². The van der Waals surface area contributed by atoms with Crippen LogP contribution in [0.25, 0.3) is 11.2 Å². The Morgan fingerprint density at radius 3 is 2.53 bits per heavy atom. The van der Waals surface area contributed by atoms with Crippen LogP contribution < -0.4 is 4.90 Å². The number of nitrogens with zero attached hydrogens (tertiary/aromatic N) is 5. The molecule has 0 spiro atoms. The summed E-state index contributed by atoms with van der Waals surface area (Å²) in [6.45, 7) is 0.187. The van der Waals surface area contributed by atoms with E-state index < -0.39 is 31.1 Å². The fraction of sp³-hybridized carbons (Fsp3) is 0.292. The van der Waals surface area contributed by atoms with Gasteiger partial charge in [-0.05, 0) is 28.3 Å². The molecule has 0 amide bonds. The summed E-state index contributed by atoms with van der Waals surface area (Å²) in [6.07, 6.45) is -2.90. The van der Waals surface area contributed by atoms with E-state index in [0.29, 0.717) is 23.5 Å². The van der Waals surface area contributed by atoms with Crippen LogP contribution >= 0.6 is 11.6 Å². The van der Waals surface area contributed by atoms with Gasteiger partial charge in [0.1, 0.15) is 18.3 Å². The van der Waals surface area contributed by atoms with Gasteiger partial charge in [-0.15, -0.1) is 0 Å². The van der Waals surface area contributed by atoms with Crippen molar-refractivity contribution >= 4 is 28.6 Å². The Labute approximate surface area is 199 Å². The van der Waals surface area contributed by atoms with Gasteiger partial charge < -0.3 is 25.0 Å². The van der Waals surface area contributed by atoms with Crippen molar-refractivity contribution in [3.63, 3.8) is 0 Å². The highest BCUT2D eigenvalue weighted by Gasteiger charge is 2.44. The minimum Gasteiger partial charge on any atom is -0.394 e. The van der Waals surface area contributed by atoms with E-state index in [4.69, 9.17) is 16.3 Å². The van der Waals surface area contributed by atoms with Gasteiger partial charge in [0, 0.05) is 6.54 Å². The Morgan fingerprint density at radius 1 is 1.00 bits per heavy atom. The molecule has 0 aliphatic carbocycles. The first-order valence-corrected chi connectivity index (χ1v) is 11.4. The van der Waals surface area contributed by atoms with Crippen LogP contribution in [0.2, 0.25) is 5.28 Å². The summed E-state index contributed by atoms with van der Waals surface area (Å²) in [5.74, 6) is 0.561. The normalized spacial score (nSPS) is 26.4. The molecule has 1 fully saturated rings. The second-order valence-electron chi connectivity index (χ2n) is 8.51. The molecular formula is C24H22ClN5O4. The number of hydrogen-bond donors (Lipinski definition) is 3. The number of aliphatic hydroxyl groups is 3. The minimum absolute atomic E-state index is 0.0266. The van der Waals surface area contributed by atoms with E-state index in [1.54, 1.807) is 0 Å². The van der Waals surface area contributed by atoms with Crippen molar-refractivity contribution in [2.45, 2.75) is 37.1 Å². The van der Waals surface area contributed by atoms with Crippen LogP contribution in [0.1, 0.15) is 29.0 Å². The molecule has 9 nitrogen and oxygen atoms in total. The summed E-state index contributed by atoms with van der Waals surface area (Å²) >= 11 is 6.38. The van der Waals surface area contributed by atoms with Gasteiger partial charge >= 0.3 is 0 Å². The number of ether oxygens (including phenoxy) is 1. The first-order chi connectivity index (χ1) is 16.6. The van der Waals surface area contributed by atoms with Crippen LogP contribution in [0.3, 0.4) is 0 Å². The van der Waals surface area contributed by atoms with Gasteiger partial charge in [0.15, 0.2) is 23.2 Å². The standard InChI is InChI=1S/C24H22ClN5O4/c25-24-27-21(17-22(28-24)30(12-26-17)23-20(33)19(32)16(11-31)34-23)29-10-14-8-4-5-9-15(14)18(29)13-6-2-1-3-7-13/h1-9,12,16,18-20,23,31-33H,10-11H2/t16-,18?,19+,20?,23-/m1/s1. The van der Waals surface area contributed by atoms with Crippen LogP contribution in [0.5, 0.6) is 0 Å². The number of hydrogen-bond acceptors (Lipinski definition) is 8. The summed E-state index contributed by atoms with van der Waals surface area (Å²) in [7, 11) is 0. The fourth-order valence-electron chi connectivity index (χ4n) is 4.95. The zero-order valence-corrected chi connectivity index (χ0v) is 18.7. The van der Waals surface area contributed by atoms with Crippen molar-refractivity contribution in [3.05, 3.63) is 82.9 Å². The van der Waals surface area contributed by atoms with Crippen molar-refractivity contribution in [2.75, 3.05) is 11.5 Å². The lowest BCUT2D eigenvalue weighted by Gasteiger charge is -2.27. The Kier molecular flexibility index (Phi) is 5.23. The molecule has 5 atom stereocenters. The third-order valence-electron chi connectivity index (χ3n) is 6.56. The van der Waals surface area contributed by atoms with E-state index in [-0.39, 0.29) is 11.3 Å². The number of anilines is 1. The number of benzene rings is 2. The minimum atomic E-state index is -1.26. The van der Waals surface area contributed by atoms with Gasteiger partial charge in [0.25, 0.3) is 0 Å². The van der Waals surface area contributed by atoms with Crippen molar-refractivity contribution in [1.29, 1.82) is 0 Å². The molecule has 0 saturated carbocycles. The van der Waals surface area contributed by atoms with Gasteiger partial charge in [-0.3, -0.25) is 4.57 Å². The lowest BCUT2D eigenvalue weighted by atomic mass is 9.98. The highest BCUT2D eigenvalue weighted by molar-refractivity contribution is 6.28. The molecule has 2 aliphatic rings. The zero-order valence-electron chi connectivity index (χ0n) is 17.9. The Hall–Kier alpha value is -3.08. The van der Waals surface area contributed by atoms with Crippen LogP contribution in [0, 0.1) is 0 Å². The SMILES string of the molecule is OC[C@H]1O[C@@H](n2cnc3c(N4Cc5ccccc5C4c4ccccc4)nc(Cl)nc32)C(O)[C@H]1O. The molecule has 0 radical (unpaired) electrons. The van der Waals surface area contributed by atoms with Crippen molar-refractivity contribution in [3.8, 4) is 0 Å². The van der Waals surface area contributed by atoms with E-state index in [9.17, 15) is 15.3 Å². The first kappa shape index (κ1) is 21.5. The van der Waals surface area contributed by atoms with Crippen LogP contribution in [0.15, 0.2) is 60.9 Å². The van der Waals surface area contributed by atoms with Gasteiger partial charge in [0.05, 0.1) is 19.0 Å². The van der Waals surface area contributed by atoms with Gasteiger partial charge in [0.2, 0.25) is 5.28 Å². The number of aliphatic hydroxyl groups excluding tert-OH is 3. The van der Waals surface area contributed by atoms with Gasteiger partial charge in [-0.1, -0.05) is 54.6 Å². The fourth-order valence-corrected chi connectivity index (χ4v) is 5.11. The molecule has 1 saturated heterocycles. The number of aromatic nitrogens is 4. The maximum atomic E-state index is 10.5. The van der Waals surface area contributed by atoms with Crippen LogP contribution in [-0.2, 0) is 11.3 Å². The Bertz CT molecular complexity index is 1350. The molecule has 174 valence electrons. The molecular weight excluding hydrogens is 458 g/mol. The summed E-state index contributed by atoms with van der Waals surface area (Å²) in [5, 5.41) is 30.2. The average molecular weight is 480 g/mol. The Morgan fingerprint density at radius 2 is 1.76 bits per heavy atom. The number of halogens is 1. The zero-order chi connectivity index (χ0) is 23.4. The van der Waals surface area contributed by atoms with E-state index >= 15 is 0 Å². The third kappa shape index (κ3) is 3.28. The largest absolute Gasteiger partial charge is 0.394 e. The molecule has 2 aromatic heterocycles. The topological polar surface area (TPSA) is 117 Å². The quantitative estimate of drug-likeness (QED) is 0.381. The van der Waals surface area contributed by atoms with Crippen LogP contribution in [0.4, 0.5) is 5.82 Å². The molecule has 2 unspecified atom stereocenters. The molecule has 3 N–H and O–H groups in total. The maximum Gasteiger partial charge on any atom is 0.226 e. The van der Waals surface area contributed by atoms with Gasteiger partial charge in [-0.2, -0.15) is 9.97 Å². The van der Waals surface area contributed by atoms with Crippen molar-refractivity contribution < 1.29 is 20.1 Å². The molecule has 34 heavy (non-hydrogen) atoms. The third-order valence-corrected chi connectivity index (χ3v) is 6.73. The first-order valence-electron chi connectivity index (χ1n) is 11.0. The van der Waals surface area contributed by atoms with E-state index in [2.05, 4.69) is 44.1 Å². The highest BCUT2D eigenvalue weighted by atomic mass is 35.5. The van der Waals surface area contributed by atoms with E-state index in [1.165, 1.54) is 22.0 Å². The van der Waals surface area contributed by atoms with E-state index in [1.807, 2.05) is 30.3 Å². The molecule has 0 bridgehead atoms. The lowest BCUT2D eigenvalue weighted by molar-refractivity contribution is -0.0511. The highest BCUT2D eigenvalue weighted by Crippen LogP contribution is 2.43. The van der Waals surface area contributed by atoms with Gasteiger partial charge in [-0.25, -0.2) is 4.98 Å². The smallest absolute Gasteiger partial charge is 0.226 e. The second kappa shape index (κ2) is 8.30. The summed E-state index contributed by atoms with van der Waals surface area (Å²) in [5.41, 5.74) is 4.34. The van der Waals surface area contributed by atoms with E-state index in [0.717, 1.165) is 5.56 Å². The molecule has 10 heteroatoms. The number of fused-ring (bicyclic) bond motifs is 2. The molecule has 2 aromatic carbocycles. The lowest BCUT2D eigenvalue weighted by Crippen LogP contribution is -2.33. The predicted molar refractivity (Wildman–Crippen MR) is 124 cm³/mol. The molecule has 6 rings (SSSR count). The summed E-state index contributed by atoms with van der Waals surface area (Å²) in [4.78, 5) is 15.6. The predicted octanol–water partition coefficient (Wildman–Crippen LogP) is 2.20. The monoisotopic (exact) mass is 479 g/mol. The number of imidazole rings is 1. The summed E-state index contributed by atoms with van der Waals surface area (Å²) < 4.78 is 7.21.